The van der Waals surface area contributed by atoms with Crippen molar-refractivity contribution >= 4 is 16.9 Å². The van der Waals surface area contributed by atoms with Crippen LogP contribution in [0.25, 0.3) is 21.4 Å². The monoisotopic (exact) mass is 377 g/mol. The first-order chi connectivity index (χ1) is 13.2. The van der Waals surface area contributed by atoms with E-state index in [9.17, 15) is 9.59 Å². The van der Waals surface area contributed by atoms with Gasteiger partial charge in [-0.2, -0.15) is 0 Å². The van der Waals surface area contributed by atoms with Gasteiger partial charge < -0.3 is 23.4 Å². The van der Waals surface area contributed by atoms with E-state index < -0.39 is 11.6 Å². The van der Waals surface area contributed by atoms with Gasteiger partial charge in [0.05, 0.1) is 33.5 Å². The van der Waals surface area contributed by atoms with E-state index in [1.807, 2.05) is 0 Å². The predicted octanol–water partition coefficient (Wildman–Crippen LogP) is 2.30. The number of esters is 1. The Kier molecular flexibility index (Phi) is 8.11. The number of benzene rings is 1. The Morgan fingerprint density at radius 2 is 1.89 bits per heavy atom. The molecule has 1 aromatic heterocycles. The lowest BCUT2D eigenvalue weighted by Crippen LogP contribution is -2.19. The van der Waals surface area contributed by atoms with Crippen LogP contribution in [-0.2, 0) is 14.2 Å². The second-order valence-electron chi connectivity index (χ2n) is 5.17. The van der Waals surface area contributed by atoms with Crippen molar-refractivity contribution in [2.24, 2.45) is 5.11 Å². The normalized spacial score (nSPS) is 10.4. The molecule has 10 heteroatoms. The summed E-state index contributed by atoms with van der Waals surface area (Å²) >= 11 is 0. The average molecular weight is 377 g/mol. The van der Waals surface area contributed by atoms with Crippen LogP contribution in [0, 0.1) is 0 Å². The van der Waals surface area contributed by atoms with Gasteiger partial charge in [0.15, 0.2) is 0 Å². The Bertz CT molecular complexity index is 874. The Hall–Kier alpha value is -3.07. The maximum atomic E-state index is 12.0. The SMILES string of the molecule is COc1ccc2cc(C(=O)OCCOCCOCCN=[N+]=[N-])c(=O)oc2c1. The van der Waals surface area contributed by atoms with E-state index in [0.717, 1.165) is 0 Å². The Balaban J connectivity index is 1.76. The molecule has 27 heavy (non-hydrogen) atoms. The van der Waals surface area contributed by atoms with Crippen molar-refractivity contribution in [1.29, 1.82) is 0 Å². The zero-order valence-corrected chi connectivity index (χ0v) is 14.8. The molecule has 0 atom stereocenters. The second kappa shape index (κ2) is 10.8. The lowest BCUT2D eigenvalue weighted by atomic mass is 10.2. The summed E-state index contributed by atoms with van der Waals surface area (Å²) in [4.78, 5) is 26.6. The molecule has 0 aliphatic carbocycles. The van der Waals surface area contributed by atoms with Crippen molar-refractivity contribution in [2.75, 3.05) is 46.7 Å². The molecule has 2 aromatic rings. The highest BCUT2D eigenvalue weighted by molar-refractivity contribution is 5.93. The molecule has 144 valence electrons. The molecule has 2 rings (SSSR count). The molecule has 0 amide bonds. The quantitative estimate of drug-likeness (QED) is 0.146. The molecule has 10 nitrogen and oxygen atoms in total. The van der Waals surface area contributed by atoms with E-state index in [1.54, 1.807) is 18.2 Å². The van der Waals surface area contributed by atoms with Crippen LogP contribution in [0.3, 0.4) is 0 Å². The standard InChI is InChI=1S/C17H19N3O7/c1-23-13-3-2-12-10-14(17(22)27-15(12)11-13)16(21)26-9-8-25-7-6-24-5-4-19-20-18/h2-3,10-11H,4-9H2,1H3. The summed E-state index contributed by atoms with van der Waals surface area (Å²) in [7, 11) is 1.50. The van der Waals surface area contributed by atoms with Crippen LogP contribution in [0.1, 0.15) is 10.4 Å². The van der Waals surface area contributed by atoms with Crippen LogP contribution >= 0.6 is 0 Å². The zero-order chi connectivity index (χ0) is 19.5. The van der Waals surface area contributed by atoms with E-state index >= 15 is 0 Å². The first kappa shape index (κ1) is 20.2. The highest BCUT2D eigenvalue weighted by atomic mass is 16.6. The maximum absolute atomic E-state index is 12.0. The van der Waals surface area contributed by atoms with Crippen LogP contribution in [0.5, 0.6) is 5.75 Å². The number of methoxy groups -OCH3 is 1. The Labute approximate surface area is 154 Å². The minimum absolute atomic E-state index is 0.0162. The van der Waals surface area contributed by atoms with Gasteiger partial charge in [-0.15, -0.1) is 0 Å². The molecule has 0 N–H and O–H groups in total. The molecule has 0 aliphatic rings. The minimum Gasteiger partial charge on any atom is -0.497 e. The summed E-state index contributed by atoms with van der Waals surface area (Å²) in [5, 5.41) is 3.90. The van der Waals surface area contributed by atoms with Gasteiger partial charge in [0.2, 0.25) is 0 Å². The first-order valence-electron chi connectivity index (χ1n) is 8.11. The first-order valence-corrected chi connectivity index (χ1v) is 8.11. The summed E-state index contributed by atoms with van der Waals surface area (Å²) in [5.41, 5.74) is 7.44. The molecule has 0 saturated carbocycles. The number of ether oxygens (including phenoxy) is 4. The van der Waals surface area contributed by atoms with E-state index in [-0.39, 0.29) is 25.3 Å². The van der Waals surface area contributed by atoms with E-state index in [1.165, 1.54) is 13.2 Å². The number of nitrogens with zero attached hydrogens (tertiary/aromatic N) is 3. The lowest BCUT2D eigenvalue weighted by Gasteiger charge is -2.07. The number of hydrogen-bond donors (Lipinski definition) is 0. The number of carbonyl (C=O) groups is 1. The number of fused-ring (bicyclic) bond motifs is 1. The van der Waals surface area contributed by atoms with Crippen molar-refractivity contribution in [3.63, 3.8) is 0 Å². The van der Waals surface area contributed by atoms with Crippen LogP contribution in [0.15, 0.2) is 38.6 Å². The lowest BCUT2D eigenvalue weighted by molar-refractivity contribution is 0.0155. The van der Waals surface area contributed by atoms with Gasteiger partial charge in [-0.1, -0.05) is 5.11 Å². The molecular formula is C17H19N3O7. The molecule has 0 bridgehead atoms. The van der Waals surface area contributed by atoms with Crippen molar-refractivity contribution in [3.8, 4) is 5.75 Å². The third-order valence-electron chi connectivity index (χ3n) is 3.39. The summed E-state index contributed by atoms with van der Waals surface area (Å²) < 4.78 is 25.6. The van der Waals surface area contributed by atoms with Crippen LogP contribution in [0.2, 0.25) is 0 Å². The Morgan fingerprint density at radius 1 is 1.15 bits per heavy atom. The molecule has 0 spiro atoms. The van der Waals surface area contributed by atoms with Gasteiger partial charge >= 0.3 is 11.6 Å². The molecule has 0 saturated heterocycles. The van der Waals surface area contributed by atoms with Gasteiger partial charge in [-0.25, -0.2) is 9.59 Å². The summed E-state index contributed by atoms with van der Waals surface area (Å²) in [6.45, 7) is 1.33. The largest absolute Gasteiger partial charge is 0.497 e. The summed E-state index contributed by atoms with van der Waals surface area (Å²) in [5.74, 6) is -0.240. The van der Waals surface area contributed by atoms with Gasteiger partial charge in [0.25, 0.3) is 0 Å². The average Bonchev–Trinajstić information content (AvgIpc) is 2.68. The van der Waals surface area contributed by atoms with Crippen molar-refractivity contribution < 1.29 is 28.2 Å². The van der Waals surface area contributed by atoms with E-state index in [0.29, 0.717) is 36.5 Å². The second-order valence-corrected chi connectivity index (χ2v) is 5.17. The third-order valence-corrected chi connectivity index (χ3v) is 3.39. The molecule has 0 radical (unpaired) electrons. The smallest absolute Gasteiger partial charge is 0.351 e. The number of rotatable bonds is 11. The minimum atomic E-state index is -0.782. The fourth-order valence-electron chi connectivity index (χ4n) is 2.10. The van der Waals surface area contributed by atoms with Gasteiger partial charge in [0, 0.05) is 22.9 Å². The zero-order valence-electron chi connectivity index (χ0n) is 14.8. The van der Waals surface area contributed by atoms with Gasteiger partial charge in [0.1, 0.15) is 23.5 Å². The van der Waals surface area contributed by atoms with Crippen molar-refractivity contribution in [1.82, 2.24) is 0 Å². The fourth-order valence-corrected chi connectivity index (χ4v) is 2.10. The number of carbonyl (C=O) groups excluding carboxylic acids is 1. The third kappa shape index (κ3) is 6.30. The van der Waals surface area contributed by atoms with E-state index in [4.69, 9.17) is 28.9 Å². The topological polar surface area (TPSA) is 133 Å². The maximum Gasteiger partial charge on any atom is 0.351 e. The van der Waals surface area contributed by atoms with Crippen molar-refractivity contribution in [3.05, 3.63) is 50.7 Å². The molecule has 1 aromatic carbocycles. The molecule has 0 unspecified atom stereocenters. The highest BCUT2D eigenvalue weighted by Crippen LogP contribution is 2.20. The molecular weight excluding hydrogens is 358 g/mol. The van der Waals surface area contributed by atoms with Gasteiger partial charge in [-0.3, -0.25) is 0 Å². The van der Waals surface area contributed by atoms with Gasteiger partial charge in [-0.05, 0) is 23.7 Å². The van der Waals surface area contributed by atoms with Crippen LogP contribution in [-0.4, -0.2) is 52.7 Å². The summed E-state index contributed by atoms with van der Waals surface area (Å²) in [6, 6.07) is 6.36. The predicted molar refractivity (Wildman–Crippen MR) is 95.0 cm³/mol. The van der Waals surface area contributed by atoms with E-state index in [2.05, 4.69) is 10.0 Å². The number of hydrogen-bond acceptors (Lipinski definition) is 8. The Morgan fingerprint density at radius 3 is 2.63 bits per heavy atom. The molecule has 0 fully saturated rings. The van der Waals surface area contributed by atoms with Crippen LogP contribution < -0.4 is 10.4 Å². The molecule has 1 heterocycles. The molecule has 0 aliphatic heterocycles. The van der Waals surface area contributed by atoms with Crippen LogP contribution in [0.4, 0.5) is 0 Å². The van der Waals surface area contributed by atoms with Crippen molar-refractivity contribution in [2.45, 2.75) is 0 Å². The fraction of sp³-hybridized carbons (Fsp3) is 0.412. The number of azide groups is 1. The summed E-state index contributed by atoms with van der Waals surface area (Å²) in [6.07, 6.45) is 0. The highest BCUT2D eigenvalue weighted by Gasteiger charge is 2.15.